The molecule has 2 rings (SSSR count). The summed E-state index contributed by atoms with van der Waals surface area (Å²) in [5, 5.41) is 3.00. The van der Waals surface area contributed by atoms with Crippen molar-refractivity contribution in [3.63, 3.8) is 0 Å². The molecule has 138 valence electrons. The molecular weight excluding hydrogens is 330 g/mol. The summed E-state index contributed by atoms with van der Waals surface area (Å²) in [6.45, 7) is 4.00. The molecule has 0 heterocycles. The molecule has 0 aromatic heterocycles. The Morgan fingerprint density at radius 1 is 0.962 bits per heavy atom. The highest BCUT2D eigenvalue weighted by atomic mass is 16.5. The lowest BCUT2D eigenvalue weighted by atomic mass is 9.98. The Kier molecular flexibility index (Phi) is 8.64. The van der Waals surface area contributed by atoms with Crippen LogP contribution in [-0.2, 0) is 14.3 Å². The first-order chi connectivity index (χ1) is 12.7. The van der Waals surface area contributed by atoms with Gasteiger partial charge in [-0.25, -0.2) is 4.79 Å². The van der Waals surface area contributed by atoms with Crippen molar-refractivity contribution >= 4 is 29.3 Å². The zero-order valence-electron chi connectivity index (χ0n) is 15.8. The van der Waals surface area contributed by atoms with Crippen LogP contribution in [0.4, 0.5) is 5.69 Å². The molecule has 0 amide bonds. The van der Waals surface area contributed by atoms with E-state index in [2.05, 4.69) is 5.32 Å². The molecule has 5 heteroatoms. The number of hydrogen-bond donors (Lipinski definition) is 1. The van der Waals surface area contributed by atoms with Crippen LogP contribution in [0, 0.1) is 0 Å². The Bertz CT molecular complexity index is 767. The summed E-state index contributed by atoms with van der Waals surface area (Å²) < 4.78 is 10.2. The SMILES string of the molecule is CC.CNc1cc(C(=O)OC)ccc1/C(C=O)=C(/OC)c1ccccc1. The molecule has 0 aliphatic heterocycles. The van der Waals surface area contributed by atoms with Crippen molar-refractivity contribution in [1.29, 1.82) is 0 Å². The molecule has 0 spiro atoms. The Morgan fingerprint density at radius 3 is 2.12 bits per heavy atom. The molecular formula is C21H25NO4. The number of anilines is 1. The van der Waals surface area contributed by atoms with Crippen LogP contribution in [0.2, 0.25) is 0 Å². The number of esters is 1. The minimum atomic E-state index is -0.440. The highest BCUT2D eigenvalue weighted by Crippen LogP contribution is 2.31. The van der Waals surface area contributed by atoms with Crippen molar-refractivity contribution in [3.8, 4) is 0 Å². The molecule has 2 aromatic carbocycles. The maximum absolute atomic E-state index is 11.8. The summed E-state index contributed by atoms with van der Waals surface area (Å²) in [6, 6.07) is 14.3. The summed E-state index contributed by atoms with van der Waals surface area (Å²) in [6.07, 6.45) is 0.750. The summed E-state index contributed by atoms with van der Waals surface area (Å²) in [5.41, 5.74) is 2.85. The lowest BCUT2D eigenvalue weighted by molar-refractivity contribution is -0.103. The monoisotopic (exact) mass is 355 g/mol. The Labute approximate surface area is 154 Å². The molecule has 2 aromatic rings. The molecule has 0 radical (unpaired) electrons. The van der Waals surface area contributed by atoms with Crippen LogP contribution < -0.4 is 5.32 Å². The molecule has 26 heavy (non-hydrogen) atoms. The van der Waals surface area contributed by atoms with Gasteiger partial charge in [-0.2, -0.15) is 0 Å². The molecule has 0 aliphatic rings. The fraction of sp³-hybridized carbons (Fsp3) is 0.238. The number of carbonyl (C=O) groups is 2. The molecule has 0 bridgehead atoms. The number of hydrogen-bond acceptors (Lipinski definition) is 5. The van der Waals surface area contributed by atoms with Gasteiger partial charge in [0.05, 0.1) is 25.4 Å². The molecule has 0 aliphatic carbocycles. The van der Waals surface area contributed by atoms with E-state index in [0.29, 0.717) is 28.1 Å². The van der Waals surface area contributed by atoms with Crippen LogP contribution in [0.5, 0.6) is 0 Å². The van der Waals surface area contributed by atoms with Crippen LogP contribution >= 0.6 is 0 Å². The van der Waals surface area contributed by atoms with Crippen molar-refractivity contribution in [2.24, 2.45) is 0 Å². The summed E-state index contributed by atoms with van der Waals surface area (Å²) in [4.78, 5) is 23.5. The second-order valence-electron chi connectivity index (χ2n) is 4.93. The molecule has 5 nitrogen and oxygen atoms in total. The number of carbonyl (C=O) groups excluding carboxylic acids is 2. The van der Waals surface area contributed by atoms with Gasteiger partial charge in [-0.05, 0) is 12.1 Å². The minimum Gasteiger partial charge on any atom is -0.495 e. The maximum Gasteiger partial charge on any atom is 0.337 e. The second kappa shape index (κ2) is 10.7. The summed E-state index contributed by atoms with van der Waals surface area (Å²) >= 11 is 0. The first-order valence-corrected chi connectivity index (χ1v) is 8.35. The van der Waals surface area contributed by atoms with E-state index in [-0.39, 0.29) is 0 Å². The minimum absolute atomic E-state index is 0.393. The van der Waals surface area contributed by atoms with Gasteiger partial charge in [-0.1, -0.05) is 50.2 Å². The number of nitrogens with one attached hydrogen (secondary N) is 1. The number of allylic oxidation sites excluding steroid dienone is 1. The number of rotatable bonds is 6. The van der Waals surface area contributed by atoms with E-state index in [1.54, 1.807) is 25.2 Å². The zero-order chi connectivity index (χ0) is 19.5. The average molecular weight is 355 g/mol. The summed E-state index contributed by atoms with van der Waals surface area (Å²) in [5.74, 6) is 0.0256. The Morgan fingerprint density at radius 2 is 1.62 bits per heavy atom. The molecule has 1 N–H and O–H groups in total. The number of ether oxygens (including phenoxy) is 2. The van der Waals surface area contributed by atoms with Gasteiger partial charge in [0, 0.05) is 23.9 Å². The normalized spacial score (nSPS) is 10.7. The van der Waals surface area contributed by atoms with E-state index >= 15 is 0 Å². The summed E-state index contributed by atoms with van der Waals surface area (Å²) in [7, 11) is 4.56. The van der Waals surface area contributed by atoms with E-state index in [9.17, 15) is 9.59 Å². The van der Waals surface area contributed by atoms with E-state index in [0.717, 1.165) is 11.8 Å². The van der Waals surface area contributed by atoms with Gasteiger partial charge in [0.25, 0.3) is 0 Å². The number of aldehydes is 1. The highest BCUT2D eigenvalue weighted by molar-refractivity contribution is 6.18. The number of benzene rings is 2. The van der Waals surface area contributed by atoms with E-state index in [1.807, 2.05) is 44.2 Å². The third kappa shape index (κ3) is 4.72. The first kappa shape index (κ1) is 21.0. The van der Waals surface area contributed by atoms with Gasteiger partial charge in [-0.15, -0.1) is 0 Å². The van der Waals surface area contributed by atoms with Gasteiger partial charge in [0.2, 0.25) is 0 Å². The lowest BCUT2D eigenvalue weighted by Gasteiger charge is -2.15. The topological polar surface area (TPSA) is 64.6 Å². The predicted molar refractivity (Wildman–Crippen MR) is 105 cm³/mol. The smallest absolute Gasteiger partial charge is 0.337 e. The van der Waals surface area contributed by atoms with Crippen LogP contribution in [0.15, 0.2) is 48.5 Å². The van der Waals surface area contributed by atoms with Crippen LogP contribution in [-0.4, -0.2) is 33.5 Å². The molecule has 0 saturated heterocycles. The largest absolute Gasteiger partial charge is 0.495 e. The van der Waals surface area contributed by atoms with Crippen molar-refractivity contribution in [3.05, 3.63) is 65.2 Å². The standard InChI is InChI=1S/C19H19NO4.C2H6/c1-20-17-11-14(19(22)24-3)9-10-15(17)16(12-21)18(23-2)13-7-5-4-6-8-13;1-2/h4-12,20H,1-3H3;1-2H3/b18-16+;. The van der Waals surface area contributed by atoms with Crippen molar-refractivity contribution in [1.82, 2.24) is 0 Å². The van der Waals surface area contributed by atoms with E-state index in [1.165, 1.54) is 14.2 Å². The maximum atomic E-state index is 11.8. The van der Waals surface area contributed by atoms with E-state index < -0.39 is 5.97 Å². The Balaban J connectivity index is 0.00000163. The van der Waals surface area contributed by atoms with Crippen molar-refractivity contribution < 1.29 is 19.1 Å². The van der Waals surface area contributed by atoms with Gasteiger partial charge >= 0.3 is 5.97 Å². The van der Waals surface area contributed by atoms with Crippen LogP contribution in [0.1, 0.15) is 35.3 Å². The second-order valence-corrected chi connectivity index (χ2v) is 4.93. The number of methoxy groups -OCH3 is 2. The predicted octanol–water partition coefficient (Wildman–Crippen LogP) is 4.25. The Hall–Kier alpha value is -3.08. The van der Waals surface area contributed by atoms with E-state index in [4.69, 9.17) is 9.47 Å². The molecule has 0 saturated carbocycles. The average Bonchev–Trinajstić information content (AvgIpc) is 2.73. The molecule has 0 unspecified atom stereocenters. The molecule has 0 atom stereocenters. The van der Waals surface area contributed by atoms with Crippen molar-refractivity contribution in [2.75, 3.05) is 26.6 Å². The van der Waals surface area contributed by atoms with Gasteiger partial charge in [0.15, 0.2) is 6.29 Å². The van der Waals surface area contributed by atoms with Gasteiger partial charge < -0.3 is 14.8 Å². The fourth-order valence-electron chi connectivity index (χ4n) is 2.44. The van der Waals surface area contributed by atoms with Crippen molar-refractivity contribution in [2.45, 2.75) is 13.8 Å². The van der Waals surface area contributed by atoms with Crippen LogP contribution in [0.3, 0.4) is 0 Å². The third-order valence-electron chi connectivity index (χ3n) is 3.60. The quantitative estimate of drug-likeness (QED) is 0.276. The fourth-order valence-corrected chi connectivity index (χ4v) is 2.44. The highest BCUT2D eigenvalue weighted by Gasteiger charge is 2.17. The first-order valence-electron chi connectivity index (χ1n) is 8.35. The van der Waals surface area contributed by atoms with Gasteiger partial charge in [-0.3, -0.25) is 4.79 Å². The third-order valence-corrected chi connectivity index (χ3v) is 3.60. The zero-order valence-corrected chi connectivity index (χ0v) is 15.8. The van der Waals surface area contributed by atoms with Gasteiger partial charge in [0.1, 0.15) is 5.76 Å². The molecule has 0 fully saturated rings. The van der Waals surface area contributed by atoms with Crippen LogP contribution in [0.25, 0.3) is 11.3 Å². The lowest BCUT2D eigenvalue weighted by Crippen LogP contribution is -2.05.